The Kier molecular flexibility index (Phi) is 12.4. The van der Waals surface area contributed by atoms with Crippen molar-refractivity contribution in [3.05, 3.63) is 69.8 Å². The molecule has 0 spiro atoms. The number of halogens is 3. The Balaban J connectivity index is 0.000000363. The van der Waals surface area contributed by atoms with Gasteiger partial charge in [-0.25, -0.2) is 4.21 Å². The lowest BCUT2D eigenvalue weighted by Crippen LogP contribution is -1.86. The van der Waals surface area contributed by atoms with Gasteiger partial charge in [-0.1, -0.05) is 36.4 Å². The molecule has 134 valence electrons. The highest BCUT2D eigenvalue weighted by Gasteiger charge is 1.93. The monoisotopic (exact) mass is 408 g/mol. The van der Waals surface area contributed by atoms with Crippen molar-refractivity contribution < 1.29 is 9.32 Å². The van der Waals surface area contributed by atoms with E-state index in [1.807, 2.05) is 18.2 Å². The number of hydrogen-bond acceptors (Lipinski definition) is 2. The van der Waals surface area contributed by atoms with Crippen LogP contribution in [0, 0.1) is 27.7 Å². The second-order valence-electron chi connectivity index (χ2n) is 5.31. The molecule has 0 unspecified atom stereocenters. The third kappa shape index (κ3) is 10.3. The topological polar surface area (TPSA) is 37.3 Å². The highest BCUT2D eigenvalue weighted by Crippen LogP contribution is 2.11. The molecule has 0 atom stereocenters. The van der Waals surface area contributed by atoms with E-state index in [1.165, 1.54) is 27.8 Å². The lowest BCUT2D eigenvalue weighted by molar-refractivity contribution is 0.282. The van der Waals surface area contributed by atoms with Gasteiger partial charge in [0.05, 0.1) is 6.61 Å². The number of alkyl halides is 1. The third-order valence-corrected chi connectivity index (χ3v) is 3.79. The van der Waals surface area contributed by atoms with Crippen LogP contribution in [0.15, 0.2) is 36.4 Å². The molecule has 2 rings (SSSR count). The second-order valence-corrected chi connectivity index (χ2v) is 8.10. The van der Waals surface area contributed by atoms with Gasteiger partial charge in [-0.05, 0) is 61.1 Å². The normalized spacial score (nSPS) is 9.71. The summed E-state index contributed by atoms with van der Waals surface area (Å²) < 4.78 is 9.09. The largest absolute Gasteiger partial charge is 0.392 e. The highest BCUT2D eigenvalue weighted by molar-refractivity contribution is 8.26. The van der Waals surface area contributed by atoms with E-state index in [0.29, 0.717) is 5.88 Å². The van der Waals surface area contributed by atoms with Crippen LogP contribution in [0.1, 0.15) is 33.4 Å². The van der Waals surface area contributed by atoms with E-state index in [9.17, 15) is 0 Å². The Morgan fingerprint density at radius 1 is 0.833 bits per heavy atom. The zero-order valence-corrected chi connectivity index (χ0v) is 17.4. The van der Waals surface area contributed by atoms with Gasteiger partial charge in [-0.15, -0.1) is 11.6 Å². The molecule has 2 aromatic rings. The molecule has 0 saturated heterocycles. The molecule has 0 aliphatic heterocycles. The molecule has 2 aromatic carbocycles. The minimum atomic E-state index is -1.67. The maximum absolute atomic E-state index is 9.09. The Hall–Kier alpha value is -0.580. The van der Waals surface area contributed by atoms with Crippen molar-refractivity contribution in [2.75, 3.05) is 0 Å². The maximum Gasteiger partial charge on any atom is 0.211 e. The molecule has 0 radical (unpaired) electrons. The summed E-state index contributed by atoms with van der Waals surface area (Å²) in [5, 5.41) is 8.75. The first-order valence-electron chi connectivity index (χ1n) is 7.24. The van der Waals surface area contributed by atoms with Crippen LogP contribution in [0.2, 0.25) is 0 Å². The Labute approximate surface area is 161 Å². The van der Waals surface area contributed by atoms with E-state index < -0.39 is 9.23 Å². The number of aliphatic hydroxyl groups is 1. The van der Waals surface area contributed by atoms with E-state index in [-0.39, 0.29) is 6.61 Å². The summed E-state index contributed by atoms with van der Waals surface area (Å²) in [7, 11) is 7.36. The summed E-state index contributed by atoms with van der Waals surface area (Å²) in [5.41, 5.74) is 7.35. The lowest BCUT2D eigenvalue weighted by atomic mass is 10.1. The van der Waals surface area contributed by atoms with E-state index in [0.717, 1.165) is 5.56 Å². The van der Waals surface area contributed by atoms with Crippen LogP contribution < -0.4 is 0 Å². The van der Waals surface area contributed by atoms with Gasteiger partial charge in [-0.2, -0.15) is 0 Å². The van der Waals surface area contributed by atoms with Gasteiger partial charge in [0.25, 0.3) is 0 Å². The van der Waals surface area contributed by atoms with Crippen molar-refractivity contribution in [3.63, 3.8) is 0 Å². The minimum Gasteiger partial charge on any atom is -0.392 e. The van der Waals surface area contributed by atoms with Gasteiger partial charge in [0.1, 0.15) is 0 Å². The van der Waals surface area contributed by atoms with Crippen LogP contribution in [-0.4, -0.2) is 9.32 Å². The van der Waals surface area contributed by atoms with Crippen molar-refractivity contribution in [1.29, 1.82) is 0 Å². The molecule has 0 saturated carbocycles. The summed E-state index contributed by atoms with van der Waals surface area (Å²) in [5.74, 6) is 0.612. The molecule has 0 aromatic heterocycles. The average molecular weight is 410 g/mol. The fourth-order valence-corrected chi connectivity index (χ4v) is 1.95. The maximum atomic E-state index is 9.09. The fourth-order valence-electron chi connectivity index (χ4n) is 1.79. The van der Waals surface area contributed by atoms with Crippen molar-refractivity contribution >= 4 is 42.2 Å². The van der Waals surface area contributed by atoms with Crippen molar-refractivity contribution in [2.45, 2.75) is 40.2 Å². The first kappa shape index (κ1) is 23.4. The van der Waals surface area contributed by atoms with Crippen LogP contribution in [0.25, 0.3) is 0 Å². The van der Waals surface area contributed by atoms with Gasteiger partial charge < -0.3 is 5.11 Å². The molecule has 0 bridgehead atoms. The molecule has 0 aliphatic rings. The number of aryl methyl sites for hydroxylation is 4. The summed E-state index contributed by atoms with van der Waals surface area (Å²) in [6, 6.07) is 12.3. The summed E-state index contributed by atoms with van der Waals surface area (Å²) in [6.07, 6.45) is 0. The molecule has 0 amide bonds. The number of aliphatic hydroxyl groups excluding tert-OH is 1. The summed E-state index contributed by atoms with van der Waals surface area (Å²) >= 11 is 5.65. The van der Waals surface area contributed by atoms with Gasteiger partial charge in [0, 0.05) is 27.2 Å². The molecule has 1 N–H and O–H groups in total. The van der Waals surface area contributed by atoms with Crippen LogP contribution >= 0.6 is 33.0 Å². The summed E-state index contributed by atoms with van der Waals surface area (Å²) in [4.78, 5) is 0. The number of hydrogen-bond donors (Lipinski definition) is 1. The molecular weight excluding hydrogens is 387 g/mol. The van der Waals surface area contributed by atoms with Crippen molar-refractivity contribution in [3.8, 4) is 0 Å². The van der Waals surface area contributed by atoms with E-state index in [4.69, 9.17) is 20.9 Å². The van der Waals surface area contributed by atoms with Gasteiger partial charge >= 0.3 is 0 Å². The van der Waals surface area contributed by atoms with Crippen LogP contribution in [-0.2, 0) is 21.7 Å². The van der Waals surface area contributed by atoms with E-state index in [2.05, 4.69) is 67.3 Å². The molecule has 0 fully saturated rings. The predicted molar refractivity (Wildman–Crippen MR) is 107 cm³/mol. The molecular formula is C18H23Cl3O2S. The lowest BCUT2D eigenvalue weighted by Gasteiger charge is -2.00. The predicted octanol–water partition coefficient (Wildman–Crippen LogP) is 5.88. The first-order valence-corrected chi connectivity index (χ1v) is 10.6. The van der Waals surface area contributed by atoms with Crippen molar-refractivity contribution in [2.24, 2.45) is 0 Å². The SMILES string of the molecule is Cc1ccc(CCl)cc1C.Cc1ccc(CO)cc1C.O=S(Cl)Cl. The number of benzene rings is 2. The molecule has 24 heavy (non-hydrogen) atoms. The Morgan fingerprint density at radius 2 is 1.21 bits per heavy atom. The zero-order valence-electron chi connectivity index (χ0n) is 14.3. The standard InChI is InChI=1S/C9H11Cl.C9H12O.Cl2OS/c2*1-7-3-4-9(6-10)5-8(7)2;1-4(2)3/h3-5H,6H2,1-2H3;3-5,10H,6H2,1-2H3;. The van der Waals surface area contributed by atoms with Crippen LogP contribution in [0.4, 0.5) is 0 Å². The minimum absolute atomic E-state index is 0.140. The second kappa shape index (κ2) is 12.7. The van der Waals surface area contributed by atoms with Gasteiger partial charge in [0.15, 0.2) is 0 Å². The molecule has 6 heteroatoms. The van der Waals surface area contributed by atoms with E-state index in [1.54, 1.807) is 0 Å². The molecule has 0 aliphatic carbocycles. The number of rotatable bonds is 2. The highest BCUT2D eigenvalue weighted by atomic mass is 36.0. The smallest absolute Gasteiger partial charge is 0.211 e. The van der Waals surface area contributed by atoms with Crippen LogP contribution in [0.3, 0.4) is 0 Å². The first-order chi connectivity index (χ1) is 11.2. The zero-order chi connectivity index (χ0) is 18.7. The van der Waals surface area contributed by atoms with Crippen LogP contribution in [0.5, 0.6) is 0 Å². The molecule has 0 heterocycles. The van der Waals surface area contributed by atoms with Gasteiger partial charge in [0.2, 0.25) is 9.23 Å². The quantitative estimate of drug-likeness (QED) is 0.496. The Bertz CT molecular complexity index is 605. The third-order valence-electron chi connectivity index (χ3n) is 3.48. The molecule has 2 nitrogen and oxygen atoms in total. The van der Waals surface area contributed by atoms with Crippen molar-refractivity contribution in [1.82, 2.24) is 0 Å². The Morgan fingerprint density at radius 3 is 1.54 bits per heavy atom. The average Bonchev–Trinajstić information content (AvgIpc) is 2.53. The van der Waals surface area contributed by atoms with E-state index >= 15 is 0 Å². The fraction of sp³-hybridized carbons (Fsp3) is 0.333. The van der Waals surface area contributed by atoms with Gasteiger partial charge in [-0.3, -0.25) is 0 Å². The summed E-state index contributed by atoms with van der Waals surface area (Å²) in [6.45, 7) is 8.46.